The first-order valence-electron chi connectivity index (χ1n) is 6.28. The monoisotopic (exact) mass is 322 g/mol. The average Bonchev–Trinajstić information content (AvgIpc) is 2.38. The molecule has 0 aromatic heterocycles. The minimum atomic E-state index is -3.79. The lowest BCUT2D eigenvalue weighted by atomic mass is 10.2. The first-order valence-corrected chi connectivity index (χ1v) is 8.22. The van der Waals surface area contributed by atoms with Crippen LogP contribution in [0.25, 0.3) is 0 Å². The lowest BCUT2D eigenvalue weighted by Gasteiger charge is -2.12. The summed E-state index contributed by atoms with van der Waals surface area (Å²) in [5.74, 6) is 0.682. The Balaban J connectivity index is 2.80. The van der Waals surface area contributed by atoms with Crippen molar-refractivity contribution in [1.82, 2.24) is 0 Å². The van der Waals surface area contributed by atoms with Crippen LogP contribution in [-0.2, 0) is 19.0 Å². The van der Waals surface area contributed by atoms with E-state index in [-0.39, 0.29) is 23.9 Å². The molecule has 0 bridgehead atoms. The molecule has 7 heteroatoms. The van der Waals surface area contributed by atoms with Gasteiger partial charge in [-0.05, 0) is 31.5 Å². The van der Waals surface area contributed by atoms with Gasteiger partial charge in [-0.25, -0.2) is 0 Å². The van der Waals surface area contributed by atoms with Crippen molar-refractivity contribution in [3.8, 4) is 5.75 Å². The zero-order chi connectivity index (χ0) is 15.0. The Bertz CT molecular complexity index is 515. The van der Waals surface area contributed by atoms with Crippen molar-refractivity contribution in [2.24, 2.45) is 0 Å². The van der Waals surface area contributed by atoms with Gasteiger partial charge < -0.3 is 9.47 Å². The van der Waals surface area contributed by atoms with E-state index >= 15 is 0 Å². The maximum atomic E-state index is 11.9. The van der Waals surface area contributed by atoms with Crippen molar-refractivity contribution >= 4 is 21.7 Å². The van der Waals surface area contributed by atoms with Gasteiger partial charge in [0.2, 0.25) is 0 Å². The van der Waals surface area contributed by atoms with Gasteiger partial charge in [0.15, 0.2) is 0 Å². The third-order valence-corrected chi connectivity index (χ3v) is 3.92. The molecule has 0 atom stereocenters. The predicted molar refractivity (Wildman–Crippen MR) is 77.0 cm³/mol. The molecule has 0 saturated carbocycles. The van der Waals surface area contributed by atoms with Crippen molar-refractivity contribution < 1.29 is 22.1 Å². The number of benzene rings is 1. The first kappa shape index (κ1) is 17.2. The van der Waals surface area contributed by atoms with Crippen molar-refractivity contribution in [2.75, 3.05) is 32.3 Å². The van der Waals surface area contributed by atoms with E-state index in [0.29, 0.717) is 19.1 Å². The van der Waals surface area contributed by atoms with Crippen molar-refractivity contribution in [1.29, 1.82) is 0 Å². The highest BCUT2D eigenvalue weighted by Gasteiger charge is 2.20. The van der Waals surface area contributed by atoms with Gasteiger partial charge in [-0.2, -0.15) is 8.42 Å². The lowest BCUT2D eigenvalue weighted by molar-refractivity contribution is 0.110. The molecule has 20 heavy (non-hydrogen) atoms. The molecule has 0 spiro atoms. The molecule has 0 aliphatic heterocycles. The average molecular weight is 323 g/mol. The summed E-state index contributed by atoms with van der Waals surface area (Å²) in [7, 11) is -3.79. The number of rotatable bonds is 9. The van der Waals surface area contributed by atoms with E-state index in [2.05, 4.69) is 0 Å². The summed E-state index contributed by atoms with van der Waals surface area (Å²) in [6.07, 6.45) is 0. The van der Waals surface area contributed by atoms with E-state index in [1.165, 1.54) is 6.07 Å². The second kappa shape index (κ2) is 8.46. The molecule has 0 amide bonds. The Morgan fingerprint density at radius 2 is 1.95 bits per heavy atom. The number of aryl methyl sites for hydroxylation is 1. The predicted octanol–water partition coefficient (Wildman–Crippen LogP) is 2.35. The highest BCUT2D eigenvalue weighted by atomic mass is 35.5. The van der Waals surface area contributed by atoms with Crippen LogP contribution >= 0.6 is 11.6 Å². The molecular formula is C13H19ClO5S. The summed E-state index contributed by atoms with van der Waals surface area (Å²) >= 11 is 5.48. The number of ether oxygens (including phenoxy) is 2. The third kappa shape index (κ3) is 5.28. The Morgan fingerprint density at radius 1 is 1.20 bits per heavy atom. The summed E-state index contributed by atoms with van der Waals surface area (Å²) in [6.45, 7) is 4.57. The molecule has 1 rings (SSSR count). The van der Waals surface area contributed by atoms with E-state index in [1.807, 2.05) is 6.92 Å². The van der Waals surface area contributed by atoms with Gasteiger partial charge in [-0.1, -0.05) is 6.07 Å². The SMILES string of the molecule is CCOS(=O)(=O)c1ccc(C)cc1OCCOCCCl. The number of hydrogen-bond acceptors (Lipinski definition) is 5. The Morgan fingerprint density at radius 3 is 2.60 bits per heavy atom. The largest absolute Gasteiger partial charge is 0.490 e. The molecule has 5 nitrogen and oxygen atoms in total. The fraction of sp³-hybridized carbons (Fsp3) is 0.538. The summed E-state index contributed by atoms with van der Waals surface area (Å²) in [5, 5.41) is 0. The van der Waals surface area contributed by atoms with E-state index < -0.39 is 10.1 Å². The first-order chi connectivity index (χ1) is 9.51. The lowest BCUT2D eigenvalue weighted by Crippen LogP contribution is -2.12. The smallest absolute Gasteiger partial charge is 0.300 e. The molecule has 0 fully saturated rings. The minimum absolute atomic E-state index is 0.0299. The van der Waals surface area contributed by atoms with Crippen LogP contribution in [0.5, 0.6) is 5.75 Å². The molecule has 0 saturated heterocycles. The van der Waals surface area contributed by atoms with Gasteiger partial charge in [-0.3, -0.25) is 4.18 Å². The van der Waals surface area contributed by atoms with E-state index in [4.69, 9.17) is 25.3 Å². The summed E-state index contributed by atoms with van der Waals surface area (Å²) in [6, 6.07) is 4.84. The van der Waals surface area contributed by atoms with E-state index in [1.54, 1.807) is 19.1 Å². The summed E-state index contributed by atoms with van der Waals surface area (Å²) < 4.78 is 39.3. The highest BCUT2D eigenvalue weighted by Crippen LogP contribution is 2.26. The van der Waals surface area contributed by atoms with Gasteiger partial charge in [0.05, 0.1) is 19.8 Å². The molecule has 1 aromatic carbocycles. The van der Waals surface area contributed by atoms with Crippen LogP contribution in [-0.4, -0.2) is 40.7 Å². The molecule has 0 aliphatic carbocycles. The third-order valence-electron chi connectivity index (χ3n) is 2.35. The van der Waals surface area contributed by atoms with Gasteiger partial charge in [0.25, 0.3) is 0 Å². The van der Waals surface area contributed by atoms with Crippen LogP contribution in [0.2, 0.25) is 0 Å². The quantitative estimate of drug-likeness (QED) is 0.397. The fourth-order valence-corrected chi connectivity index (χ4v) is 2.67. The Labute approximate surface area is 124 Å². The zero-order valence-corrected chi connectivity index (χ0v) is 13.2. The van der Waals surface area contributed by atoms with Crippen LogP contribution in [0.1, 0.15) is 12.5 Å². The zero-order valence-electron chi connectivity index (χ0n) is 11.6. The van der Waals surface area contributed by atoms with Crippen LogP contribution < -0.4 is 4.74 Å². The molecule has 0 unspecified atom stereocenters. The maximum absolute atomic E-state index is 11.9. The van der Waals surface area contributed by atoms with Crippen LogP contribution in [0, 0.1) is 6.92 Å². The standard InChI is InChI=1S/C13H19ClO5S/c1-3-19-20(15,16)13-5-4-11(2)10-12(13)18-9-8-17-7-6-14/h4-5,10H,3,6-9H2,1-2H3. The van der Waals surface area contributed by atoms with Crippen LogP contribution in [0.3, 0.4) is 0 Å². The van der Waals surface area contributed by atoms with E-state index in [9.17, 15) is 8.42 Å². The van der Waals surface area contributed by atoms with Crippen molar-refractivity contribution in [3.63, 3.8) is 0 Å². The fourth-order valence-electron chi connectivity index (χ4n) is 1.52. The molecule has 1 aromatic rings. The maximum Gasteiger partial charge on any atom is 0.300 e. The van der Waals surface area contributed by atoms with Gasteiger partial charge >= 0.3 is 10.1 Å². The number of alkyl halides is 1. The van der Waals surface area contributed by atoms with Gasteiger partial charge in [0.1, 0.15) is 17.3 Å². The molecule has 0 aliphatic rings. The summed E-state index contributed by atoms with van der Waals surface area (Å²) in [5.41, 5.74) is 0.900. The number of hydrogen-bond donors (Lipinski definition) is 0. The molecule has 0 heterocycles. The normalized spacial score (nSPS) is 11.6. The van der Waals surface area contributed by atoms with Gasteiger partial charge in [0, 0.05) is 5.88 Å². The topological polar surface area (TPSA) is 61.8 Å². The van der Waals surface area contributed by atoms with Crippen LogP contribution in [0.15, 0.2) is 23.1 Å². The molecule has 0 radical (unpaired) electrons. The van der Waals surface area contributed by atoms with Gasteiger partial charge in [-0.15, -0.1) is 11.6 Å². The second-order valence-electron chi connectivity index (χ2n) is 3.96. The molecule has 114 valence electrons. The molecule has 0 N–H and O–H groups in total. The van der Waals surface area contributed by atoms with E-state index in [0.717, 1.165) is 5.56 Å². The minimum Gasteiger partial charge on any atom is -0.490 e. The van der Waals surface area contributed by atoms with Crippen LogP contribution in [0.4, 0.5) is 0 Å². The van der Waals surface area contributed by atoms with Crippen molar-refractivity contribution in [2.45, 2.75) is 18.7 Å². The summed E-state index contributed by atoms with van der Waals surface area (Å²) in [4.78, 5) is 0.0299. The number of halogens is 1. The second-order valence-corrected chi connectivity index (χ2v) is 5.92. The Kier molecular flexibility index (Phi) is 7.29. The van der Waals surface area contributed by atoms with Crippen molar-refractivity contribution in [3.05, 3.63) is 23.8 Å². The Hall–Kier alpha value is -0.820. The molecular weight excluding hydrogens is 304 g/mol. The highest BCUT2D eigenvalue weighted by molar-refractivity contribution is 7.86.